The number of nitrogens with zero attached hydrogens (tertiary/aromatic N) is 2. The zero-order valence-electron chi connectivity index (χ0n) is 16.4. The van der Waals surface area contributed by atoms with E-state index in [-0.39, 0.29) is 5.75 Å². The van der Waals surface area contributed by atoms with E-state index >= 15 is 0 Å². The van der Waals surface area contributed by atoms with Crippen molar-refractivity contribution < 1.29 is 19.4 Å². The minimum absolute atomic E-state index is 0.0757. The standard InChI is InChI=1S/C24H20N2O4/c1-2-29-24(28)16-11-13-17(14-12-16)26-20(15-25)18-7-4-6-10-22(18)30-23(26)19-8-3-5-9-21(19)27/h3-14,20,23,27H,2H2,1H3/t20-,23+/m0/s1. The van der Waals surface area contributed by atoms with Gasteiger partial charge in [0, 0.05) is 11.3 Å². The van der Waals surface area contributed by atoms with Gasteiger partial charge < -0.3 is 19.5 Å². The van der Waals surface area contributed by atoms with Gasteiger partial charge in [-0.1, -0.05) is 30.3 Å². The van der Waals surface area contributed by atoms with Gasteiger partial charge in [-0.15, -0.1) is 0 Å². The molecule has 0 spiro atoms. The lowest BCUT2D eigenvalue weighted by Crippen LogP contribution is -2.39. The van der Waals surface area contributed by atoms with E-state index in [1.165, 1.54) is 0 Å². The molecule has 0 bridgehead atoms. The van der Waals surface area contributed by atoms with Crippen LogP contribution in [0.1, 0.15) is 40.7 Å². The molecule has 0 aliphatic carbocycles. The van der Waals surface area contributed by atoms with Crippen LogP contribution in [0.5, 0.6) is 11.5 Å². The maximum Gasteiger partial charge on any atom is 0.338 e. The van der Waals surface area contributed by atoms with Gasteiger partial charge in [-0.25, -0.2) is 4.79 Å². The van der Waals surface area contributed by atoms with E-state index in [0.29, 0.717) is 29.2 Å². The third-order valence-electron chi connectivity index (χ3n) is 4.98. The normalized spacial score (nSPS) is 17.4. The molecule has 2 atom stereocenters. The predicted molar refractivity (Wildman–Crippen MR) is 111 cm³/mol. The van der Waals surface area contributed by atoms with Crippen molar-refractivity contribution in [3.05, 3.63) is 89.5 Å². The number of ether oxygens (including phenoxy) is 2. The average molecular weight is 400 g/mol. The van der Waals surface area contributed by atoms with Crippen molar-refractivity contribution in [3.8, 4) is 17.6 Å². The summed E-state index contributed by atoms with van der Waals surface area (Å²) in [6.07, 6.45) is -0.723. The molecule has 0 aromatic heterocycles. The van der Waals surface area contributed by atoms with Gasteiger partial charge in [0.2, 0.25) is 6.23 Å². The number of nitriles is 1. The molecule has 3 aromatic rings. The van der Waals surface area contributed by atoms with Crippen molar-refractivity contribution in [1.29, 1.82) is 5.26 Å². The molecule has 0 saturated heterocycles. The third kappa shape index (κ3) is 3.42. The number of fused-ring (bicyclic) bond motifs is 1. The maximum absolute atomic E-state index is 12.0. The summed E-state index contributed by atoms with van der Waals surface area (Å²) in [5.41, 5.74) is 2.38. The largest absolute Gasteiger partial charge is 0.507 e. The van der Waals surface area contributed by atoms with E-state index in [1.54, 1.807) is 54.3 Å². The minimum Gasteiger partial charge on any atom is -0.507 e. The van der Waals surface area contributed by atoms with Crippen LogP contribution in [0.25, 0.3) is 0 Å². The number of phenolic OH excluding ortho intramolecular Hbond substituents is 1. The summed E-state index contributed by atoms with van der Waals surface area (Å²) in [5.74, 6) is 0.266. The van der Waals surface area contributed by atoms with Crippen LogP contribution in [0.3, 0.4) is 0 Å². The zero-order chi connectivity index (χ0) is 21.1. The molecule has 3 aromatic carbocycles. The summed E-state index contributed by atoms with van der Waals surface area (Å²) >= 11 is 0. The fourth-order valence-electron chi connectivity index (χ4n) is 3.59. The second-order valence-electron chi connectivity index (χ2n) is 6.77. The van der Waals surface area contributed by atoms with Crippen LogP contribution in [0.15, 0.2) is 72.8 Å². The molecule has 1 aliphatic rings. The maximum atomic E-state index is 12.0. The Morgan fingerprint density at radius 3 is 2.40 bits per heavy atom. The summed E-state index contributed by atoms with van der Waals surface area (Å²) in [4.78, 5) is 13.8. The summed E-state index contributed by atoms with van der Waals surface area (Å²) in [7, 11) is 0. The molecule has 1 N–H and O–H groups in total. The number of carbonyl (C=O) groups is 1. The molecule has 0 unspecified atom stereocenters. The van der Waals surface area contributed by atoms with Crippen LogP contribution in [0.2, 0.25) is 0 Å². The minimum atomic E-state index is -0.723. The van der Waals surface area contributed by atoms with E-state index in [4.69, 9.17) is 9.47 Å². The molecule has 1 heterocycles. The van der Waals surface area contributed by atoms with Crippen LogP contribution in [0, 0.1) is 11.3 Å². The van der Waals surface area contributed by atoms with Crippen LogP contribution < -0.4 is 9.64 Å². The van der Waals surface area contributed by atoms with Gasteiger partial charge in [0.05, 0.1) is 23.8 Å². The lowest BCUT2D eigenvalue weighted by Gasteiger charge is -2.41. The number of esters is 1. The topological polar surface area (TPSA) is 82.8 Å². The van der Waals surface area contributed by atoms with Gasteiger partial charge >= 0.3 is 5.97 Å². The van der Waals surface area contributed by atoms with Crippen molar-refractivity contribution in [1.82, 2.24) is 0 Å². The van der Waals surface area contributed by atoms with Gasteiger partial charge in [-0.2, -0.15) is 5.26 Å². The molecule has 0 amide bonds. The Bertz CT molecular complexity index is 1100. The molecule has 6 nitrogen and oxygen atoms in total. The van der Waals surface area contributed by atoms with Crippen molar-refractivity contribution in [2.24, 2.45) is 0 Å². The lowest BCUT2D eigenvalue weighted by atomic mass is 9.99. The van der Waals surface area contributed by atoms with E-state index in [2.05, 4.69) is 6.07 Å². The van der Waals surface area contributed by atoms with Gasteiger partial charge in [0.15, 0.2) is 0 Å². The number of hydrogen-bond donors (Lipinski definition) is 1. The molecule has 150 valence electrons. The number of benzene rings is 3. The highest BCUT2D eigenvalue weighted by Crippen LogP contribution is 2.46. The first-order valence-electron chi connectivity index (χ1n) is 9.62. The molecule has 0 fully saturated rings. The Morgan fingerprint density at radius 1 is 1.07 bits per heavy atom. The van der Waals surface area contributed by atoms with Crippen molar-refractivity contribution in [2.75, 3.05) is 11.5 Å². The number of aromatic hydroxyl groups is 1. The van der Waals surface area contributed by atoms with Gasteiger partial charge in [-0.05, 0) is 49.4 Å². The number of para-hydroxylation sites is 2. The lowest BCUT2D eigenvalue weighted by molar-refractivity contribution is 0.0526. The van der Waals surface area contributed by atoms with E-state index in [0.717, 1.165) is 5.56 Å². The van der Waals surface area contributed by atoms with Gasteiger partial charge in [-0.3, -0.25) is 0 Å². The summed E-state index contributed by atoms with van der Waals surface area (Å²) in [6, 6.07) is 22.8. The quantitative estimate of drug-likeness (QED) is 0.638. The first-order chi connectivity index (χ1) is 14.6. The number of phenols is 1. The fourth-order valence-corrected chi connectivity index (χ4v) is 3.59. The van der Waals surface area contributed by atoms with E-state index in [1.807, 2.05) is 30.3 Å². The zero-order valence-corrected chi connectivity index (χ0v) is 16.4. The SMILES string of the molecule is CCOC(=O)c1ccc(N2[C@@H](c3ccccc3O)Oc3ccccc3[C@@H]2C#N)cc1. The number of rotatable bonds is 4. The Labute approximate surface area is 174 Å². The van der Waals surface area contributed by atoms with E-state index in [9.17, 15) is 15.2 Å². The van der Waals surface area contributed by atoms with E-state index < -0.39 is 18.2 Å². The van der Waals surface area contributed by atoms with Gasteiger partial charge in [0.25, 0.3) is 0 Å². The Hall–Kier alpha value is -3.98. The molecule has 4 rings (SSSR count). The monoisotopic (exact) mass is 400 g/mol. The molecule has 1 aliphatic heterocycles. The molecule has 0 radical (unpaired) electrons. The molecule has 30 heavy (non-hydrogen) atoms. The number of carbonyl (C=O) groups excluding carboxylic acids is 1. The molecule has 6 heteroatoms. The summed E-state index contributed by atoms with van der Waals surface area (Å²) in [5, 5.41) is 20.5. The first kappa shape index (κ1) is 19.3. The van der Waals surface area contributed by atoms with Gasteiger partial charge in [0.1, 0.15) is 17.5 Å². The smallest absolute Gasteiger partial charge is 0.338 e. The first-order valence-corrected chi connectivity index (χ1v) is 9.62. The van der Waals surface area contributed by atoms with Crippen LogP contribution in [-0.4, -0.2) is 17.7 Å². The second kappa shape index (κ2) is 8.18. The highest BCUT2D eigenvalue weighted by Gasteiger charge is 2.38. The fraction of sp³-hybridized carbons (Fsp3) is 0.167. The Kier molecular flexibility index (Phi) is 5.27. The highest BCUT2D eigenvalue weighted by molar-refractivity contribution is 5.89. The molecular weight excluding hydrogens is 380 g/mol. The van der Waals surface area contributed by atoms with Crippen molar-refractivity contribution in [3.63, 3.8) is 0 Å². The average Bonchev–Trinajstić information content (AvgIpc) is 2.78. The Morgan fingerprint density at radius 2 is 1.73 bits per heavy atom. The number of hydrogen-bond acceptors (Lipinski definition) is 6. The van der Waals surface area contributed by atoms with Crippen LogP contribution >= 0.6 is 0 Å². The summed E-state index contributed by atoms with van der Waals surface area (Å²) in [6.45, 7) is 2.05. The highest BCUT2D eigenvalue weighted by atomic mass is 16.5. The molecular formula is C24H20N2O4. The number of anilines is 1. The summed E-state index contributed by atoms with van der Waals surface area (Å²) < 4.78 is 11.3. The third-order valence-corrected chi connectivity index (χ3v) is 4.98. The van der Waals surface area contributed by atoms with Crippen molar-refractivity contribution in [2.45, 2.75) is 19.2 Å². The van der Waals surface area contributed by atoms with Crippen LogP contribution in [-0.2, 0) is 4.74 Å². The second-order valence-corrected chi connectivity index (χ2v) is 6.77. The van der Waals surface area contributed by atoms with Crippen LogP contribution in [0.4, 0.5) is 5.69 Å². The molecule has 0 saturated carbocycles. The predicted octanol–water partition coefficient (Wildman–Crippen LogP) is 4.73. The van der Waals surface area contributed by atoms with Crippen molar-refractivity contribution >= 4 is 11.7 Å². The Balaban J connectivity index is 1.82.